The molecule has 0 bridgehead atoms. The van der Waals surface area contributed by atoms with Gasteiger partial charge in [0, 0.05) is 6.54 Å². The fraction of sp³-hybridized carbons (Fsp3) is 0.714. The minimum absolute atomic E-state index is 0.0880. The van der Waals surface area contributed by atoms with Gasteiger partial charge in [0.25, 0.3) is 0 Å². The van der Waals surface area contributed by atoms with E-state index >= 15 is 0 Å². The number of amides is 1. The van der Waals surface area contributed by atoms with Crippen LogP contribution >= 0.6 is 0 Å². The van der Waals surface area contributed by atoms with E-state index in [1.807, 2.05) is 0 Å². The summed E-state index contributed by atoms with van der Waals surface area (Å²) in [6.45, 7) is 2.26. The van der Waals surface area contributed by atoms with Crippen LogP contribution in [0.4, 0.5) is 0 Å². The number of ether oxygens (including phenoxy) is 1. The molecule has 1 aliphatic heterocycles. The molecule has 1 amide bonds. The molecule has 0 spiro atoms. The first kappa shape index (κ1) is 16.4. The number of rotatable bonds is 6. The van der Waals surface area contributed by atoms with E-state index in [0.717, 1.165) is 24.5 Å². The highest BCUT2D eigenvalue weighted by molar-refractivity contribution is 7.89. The highest BCUT2D eigenvalue weighted by Crippen LogP contribution is 2.44. The maximum atomic E-state index is 12.5. The number of carbonyl (C=O) groups excluding carboxylic acids is 1. The monoisotopic (exact) mass is 342 g/mol. The molecule has 1 saturated carbocycles. The molecule has 23 heavy (non-hydrogen) atoms. The van der Waals surface area contributed by atoms with Crippen molar-refractivity contribution in [3.8, 4) is 0 Å². The number of primary sulfonamides is 1. The zero-order valence-electron chi connectivity index (χ0n) is 13.0. The molecule has 1 aromatic rings. The van der Waals surface area contributed by atoms with Gasteiger partial charge in [-0.15, -0.1) is 0 Å². The third-order valence-electron chi connectivity index (χ3n) is 4.80. The zero-order valence-corrected chi connectivity index (χ0v) is 13.8. The number of nitrogens with two attached hydrogens (primary N) is 1. The topological polar surface area (TPSA) is 116 Å². The van der Waals surface area contributed by atoms with E-state index in [4.69, 9.17) is 9.88 Å². The molecule has 0 atom stereocenters. The Labute approximate surface area is 135 Å². The minimum Gasteiger partial charge on any atom is -0.372 e. The summed E-state index contributed by atoms with van der Waals surface area (Å²) < 4.78 is 29.7. The Bertz CT molecular complexity index is 694. The van der Waals surface area contributed by atoms with Gasteiger partial charge in [-0.25, -0.2) is 18.5 Å². The molecule has 2 heterocycles. The maximum Gasteiger partial charge on any atom is 0.226 e. The van der Waals surface area contributed by atoms with Crippen molar-refractivity contribution in [2.75, 3.05) is 12.4 Å². The highest BCUT2D eigenvalue weighted by atomic mass is 32.2. The fourth-order valence-electron chi connectivity index (χ4n) is 3.19. The molecule has 0 saturated heterocycles. The van der Waals surface area contributed by atoms with E-state index in [-0.39, 0.29) is 18.1 Å². The first-order valence-electron chi connectivity index (χ1n) is 7.79. The van der Waals surface area contributed by atoms with E-state index in [0.29, 0.717) is 32.6 Å². The van der Waals surface area contributed by atoms with Gasteiger partial charge in [-0.2, -0.15) is 0 Å². The van der Waals surface area contributed by atoms with Crippen molar-refractivity contribution >= 4 is 15.9 Å². The minimum atomic E-state index is -3.55. The third-order valence-corrected chi connectivity index (χ3v) is 5.57. The van der Waals surface area contributed by atoms with Gasteiger partial charge in [0.1, 0.15) is 12.4 Å². The quantitative estimate of drug-likeness (QED) is 0.747. The molecule has 8 nitrogen and oxygen atoms in total. The number of nitrogens with one attached hydrogen (secondary N) is 1. The number of imidazole rings is 1. The van der Waals surface area contributed by atoms with Gasteiger partial charge in [0.2, 0.25) is 15.9 Å². The fourth-order valence-corrected chi connectivity index (χ4v) is 3.87. The van der Waals surface area contributed by atoms with Gasteiger partial charge in [0.05, 0.1) is 36.2 Å². The number of hydrogen-bond donors (Lipinski definition) is 2. The summed E-state index contributed by atoms with van der Waals surface area (Å²) in [5, 5.41) is 8.00. The van der Waals surface area contributed by atoms with Crippen LogP contribution in [0, 0.1) is 5.41 Å². The average molecular weight is 342 g/mol. The molecule has 1 aromatic heterocycles. The Balaban J connectivity index is 1.61. The van der Waals surface area contributed by atoms with Crippen LogP contribution in [0.5, 0.6) is 0 Å². The summed E-state index contributed by atoms with van der Waals surface area (Å²) in [6.07, 6.45) is 4.41. The number of carbonyl (C=O) groups is 1. The van der Waals surface area contributed by atoms with Crippen LogP contribution < -0.4 is 10.5 Å². The normalized spacial score (nSPS) is 19.7. The van der Waals surface area contributed by atoms with Crippen LogP contribution in [-0.2, 0) is 39.3 Å². The van der Waals surface area contributed by atoms with Crippen LogP contribution in [0.3, 0.4) is 0 Å². The molecule has 0 unspecified atom stereocenters. The van der Waals surface area contributed by atoms with Crippen LogP contribution in [0.15, 0.2) is 6.20 Å². The SMILES string of the molecule is NS(=O)(=O)CCC1(C(=O)NCc2cnc3n2CCOC3)CCC1. The summed E-state index contributed by atoms with van der Waals surface area (Å²) in [4.78, 5) is 16.8. The van der Waals surface area contributed by atoms with Crippen LogP contribution in [-0.4, -0.2) is 36.2 Å². The second-order valence-corrected chi connectivity index (χ2v) is 8.04. The van der Waals surface area contributed by atoms with Gasteiger partial charge < -0.3 is 14.6 Å². The Morgan fingerprint density at radius 3 is 2.91 bits per heavy atom. The summed E-state index contributed by atoms with van der Waals surface area (Å²) >= 11 is 0. The van der Waals surface area contributed by atoms with Crippen LogP contribution in [0.25, 0.3) is 0 Å². The van der Waals surface area contributed by atoms with Crippen LogP contribution in [0.2, 0.25) is 0 Å². The van der Waals surface area contributed by atoms with E-state index in [1.165, 1.54) is 0 Å². The lowest BCUT2D eigenvalue weighted by Crippen LogP contribution is -2.47. The first-order chi connectivity index (χ1) is 10.9. The Morgan fingerprint density at radius 2 is 2.26 bits per heavy atom. The van der Waals surface area contributed by atoms with E-state index in [9.17, 15) is 13.2 Å². The van der Waals surface area contributed by atoms with E-state index in [1.54, 1.807) is 6.20 Å². The number of hydrogen-bond acceptors (Lipinski definition) is 5. The predicted octanol–water partition coefficient (Wildman–Crippen LogP) is -0.122. The number of sulfonamides is 1. The largest absolute Gasteiger partial charge is 0.372 e. The Hall–Kier alpha value is -1.45. The van der Waals surface area contributed by atoms with Crippen molar-refractivity contribution in [1.82, 2.24) is 14.9 Å². The summed E-state index contributed by atoms with van der Waals surface area (Å²) in [6, 6.07) is 0. The van der Waals surface area contributed by atoms with Gasteiger partial charge in [-0.1, -0.05) is 6.42 Å². The Kier molecular flexibility index (Phi) is 4.43. The molecule has 3 rings (SSSR count). The predicted molar refractivity (Wildman–Crippen MR) is 82.6 cm³/mol. The lowest BCUT2D eigenvalue weighted by molar-refractivity contribution is -0.136. The first-order valence-corrected chi connectivity index (χ1v) is 9.51. The molecule has 9 heteroatoms. The molecule has 2 aliphatic rings. The molecule has 1 fully saturated rings. The van der Waals surface area contributed by atoms with Crippen molar-refractivity contribution in [2.24, 2.45) is 10.6 Å². The van der Waals surface area contributed by atoms with Gasteiger partial charge in [-0.3, -0.25) is 4.79 Å². The van der Waals surface area contributed by atoms with Crippen molar-refractivity contribution in [2.45, 2.75) is 45.4 Å². The Morgan fingerprint density at radius 1 is 1.48 bits per heavy atom. The van der Waals surface area contributed by atoms with Crippen molar-refractivity contribution in [1.29, 1.82) is 0 Å². The molecular weight excluding hydrogens is 320 g/mol. The molecule has 3 N–H and O–H groups in total. The second-order valence-electron chi connectivity index (χ2n) is 6.30. The summed E-state index contributed by atoms with van der Waals surface area (Å²) in [5.74, 6) is 0.628. The maximum absolute atomic E-state index is 12.5. The number of nitrogens with zero attached hydrogens (tertiary/aromatic N) is 2. The van der Waals surface area contributed by atoms with Gasteiger partial charge >= 0.3 is 0 Å². The molecule has 1 aliphatic carbocycles. The van der Waals surface area contributed by atoms with Crippen molar-refractivity contribution < 1.29 is 17.9 Å². The van der Waals surface area contributed by atoms with E-state index in [2.05, 4.69) is 14.9 Å². The number of fused-ring (bicyclic) bond motifs is 1. The summed E-state index contributed by atoms with van der Waals surface area (Å²) in [7, 11) is -3.55. The lowest BCUT2D eigenvalue weighted by Gasteiger charge is -2.40. The zero-order chi connectivity index (χ0) is 16.5. The highest BCUT2D eigenvalue weighted by Gasteiger charge is 2.44. The lowest BCUT2D eigenvalue weighted by atomic mass is 9.66. The van der Waals surface area contributed by atoms with E-state index < -0.39 is 15.4 Å². The van der Waals surface area contributed by atoms with Crippen molar-refractivity contribution in [3.63, 3.8) is 0 Å². The standard InChI is InChI=1S/C14H22N4O4S/c15-23(20,21)7-4-14(2-1-3-14)13(19)17-9-11-8-16-12-10-22-6-5-18(11)12/h8H,1-7,9-10H2,(H,17,19)(H2,15,20,21). The molecule has 128 valence electrons. The van der Waals surface area contributed by atoms with Crippen LogP contribution in [0.1, 0.15) is 37.2 Å². The second kappa shape index (κ2) is 6.21. The molecular formula is C14H22N4O4S. The van der Waals surface area contributed by atoms with Gasteiger partial charge in [0.15, 0.2) is 0 Å². The number of aromatic nitrogens is 2. The third kappa shape index (κ3) is 3.56. The van der Waals surface area contributed by atoms with Gasteiger partial charge in [-0.05, 0) is 19.3 Å². The average Bonchev–Trinajstić information content (AvgIpc) is 2.86. The summed E-state index contributed by atoms with van der Waals surface area (Å²) in [5.41, 5.74) is 0.359. The molecule has 0 radical (unpaired) electrons. The molecule has 0 aromatic carbocycles. The van der Waals surface area contributed by atoms with Crippen molar-refractivity contribution in [3.05, 3.63) is 17.7 Å². The smallest absolute Gasteiger partial charge is 0.226 e.